The van der Waals surface area contributed by atoms with E-state index in [-0.39, 0.29) is 17.2 Å². The van der Waals surface area contributed by atoms with E-state index in [1.165, 1.54) is 11.1 Å². The number of hydrogen-bond acceptors (Lipinski definition) is 2. The van der Waals surface area contributed by atoms with E-state index >= 15 is 0 Å². The third-order valence-electron chi connectivity index (χ3n) is 6.74. The van der Waals surface area contributed by atoms with Gasteiger partial charge in [-0.1, -0.05) is 54.6 Å². The van der Waals surface area contributed by atoms with Crippen molar-refractivity contribution in [1.29, 1.82) is 0 Å². The van der Waals surface area contributed by atoms with Gasteiger partial charge in [0.05, 0.1) is 6.42 Å². The van der Waals surface area contributed by atoms with Crippen molar-refractivity contribution in [3.8, 4) is 0 Å². The molecule has 2 fully saturated rings. The number of nitrogens with zero attached hydrogens (tertiary/aromatic N) is 2. The van der Waals surface area contributed by atoms with Crippen LogP contribution in [0.25, 0.3) is 0 Å². The van der Waals surface area contributed by atoms with Crippen molar-refractivity contribution < 1.29 is 9.59 Å². The van der Waals surface area contributed by atoms with Crippen LogP contribution in [-0.4, -0.2) is 41.2 Å². The van der Waals surface area contributed by atoms with Crippen molar-refractivity contribution in [3.05, 3.63) is 71.3 Å². The van der Waals surface area contributed by atoms with Crippen molar-refractivity contribution in [1.82, 2.24) is 9.80 Å². The Bertz CT molecular complexity index is 869. The third-order valence-corrected chi connectivity index (χ3v) is 6.74. The number of carbonyl (C=O) groups excluding carboxylic acids is 2. The minimum absolute atomic E-state index is 0.169. The minimum Gasteiger partial charge on any atom is -0.342 e. The normalized spacial score (nSPS) is 18.9. The van der Waals surface area contributed by atoms with Gasteiger partial charge in [0.1, 0.15) is 0 Å². The lowest BCUT2D eigenvalue weighted by molar-refractivity contribution is -0.142. The lowest BCUT2D eigenvalue weighted by Crippen LogP contribution is -2.52. The van der Waals surface area contributed by atoms with E-state index in [9.17, 15) is 9.59 Å². The van der Waals surface area contributed by atoms with Gasteiger partial charge in [0.25, 0.3) is 0 Å². The van der Waals surface area contributed by atoms with Crippen LogP contribution in [-0.2, 0) is 22.6 Å². The zero-order chi connectivity index (χ0) is 20.3. The fourth-order valence-corrected chi connectivity index (χ4v) is 4.77. The lowest BCUT2D eigenvalue weighted by Gasteiger charge is -2.47. The highest BCUT2D eigenvalue weighted by atomic mass is 16.2. The Balaban J connectivity index is 1.36. The van der Waals surface area contributed by atoms with Crippen LogP contribution in [0.1, 0.15) is 42.4 Å². The predicted molar refractivity (Wildman–Crippen MR) is 114 cm³/mol. The number of benzene rings is 2. The van der Waals surface area contributed by atoms with Gasteiger partial charge in [-0.2, -0.15) is 0 Å². The molecular weight excluding hydrogens is 360 g/mol. The molecule has 2 amide bonds. The molecule has 4 heteroatoms. The van der Waals surface area contributed by atoms with Crippen molar-refractivity contribution in [2.24, 2.45) is 5.41 Å². The maximum atomic E-state index is 12.8. The SMILES string of the molecule is Cc1ccccc1CC(=O)N1CCC2(CCC(=O)N(Cc3ccccc3)C2)CC1. The van der Waals surface area contributed by atoms with Crippen LogP contribution in [0, 0.1) is 12.3 Å². The molecule has 2 heterocycles. The number of carbonyl (C=O) groups is 2. The molecule has 0 bridgehead atoms. The fraction of sp³-hybridized carbons (Fsp3) is 0.440. The summed E-state index contributed by atoms with van der Waals surface area (Å²) in [6.07, 6.45) is 4.05. The number of hydrogen-bond donors (Lipinski definition) is 0. The molecule has 0 unspecified atom stereocenters. The maximum Gasteiger partial charge on any atom is 0.226 e. The summed E-state index contributed by atoms with van der Waals surface area (Å²) in [5, 5.41) is 0. The molecule has 29 heavy (non-hydrogen) atoms. The van der Waals surface area contributed by atoms with Crippen LogP contribution in [0.5, 0.6) is 0 Å². The molecular formula is C25H30N2O2. The first kappa shape index (κ1) is 19.7. The summed E-state index contributed by atoms with van der Waals surface area (Å²) in [4.78, 5) is 29.4. The molecule has 0 aliphatic carbocycles. The standard InChI is InChI=1S/C25H30N2O2/c1-20-7-5-6-10-22(20)17-24(29)26-15-13-25(14-16-26)12-11-23(28)27(19-25)18-21-8-3-2-4-9-21/h2-10H,11-19H2,1H3. The molecule has 2 aliphatic rings. The van der Waals surface area contributed by atoms with E-state index in [1.807, 2.05) is 46.2 Å². The smallest absolute Gasteiger partial charge is 0.226 e. The van der Waals surface area contributed by atoms with Gasteiger partial charge in [-0.05, 0) is 48.3 Å². The number of aryl methyl sites for hydroxylation is 1. The van der Waals surface area contributed by atoms with Gasteiger partial charge in [-0.15, -0.1) is 0 Å². The summed E-state index contributed by atoms with van der Waals surface area (Å²) >= 11 is 0. The highest BCUT2D eigenvalue weighted by Gasteiger charge is 2.41. The molecule has 0 saturated carbocycles. The summed E-state index contributed by atoms with van der Waals surface area (Å²) in [5.74, 6) is 0.486. The van der Waals surface area contributed by atoms with Gasteiger partial charge in [0.15, 0.2) is 0 Å². The van der Waals surface area contributed by atoms with E-state index in [0.717, 1.165) is 44.5 Å². The third kappa shape index (κ3) is 4.52. The maximum absolute atomic E-state index is 12.8. The molecule has 0 atom stereocenters. The zero-order valence-electron chi connectivity index (χ0n) is 17.3. The van der Waals surface area contributed by atoms with E-state index < -0.39 is 0 Å². The minimum atomic E-state index is 0.169. The molecule has 2 saturated heterocycles. The monoisotopic (exact) mass is 390 g/mol. The molecule has 0 radical (unpaired) electrons. The van der Waals surface area contributed by atoms with Crippen molar-refractivity contribution in [2.75, 3.05) is 19.6 Å². The lowest BCUT2D eigenvalue weighted by atomic mass is 9.72. The largest absolute Gasteiger partial charge is 0.342 e. The van der Waals surface area contributed by atoms with Gasteiger partial charge in [-0.3, -0.25) is 9.59 Å². The average Bonchev–Trinajstić information content (AvgIpc) is 2.74. The molecule has 152 valence electrons. The number of piperidine rings is 2. The molecule has 4 rings (SSSR count). The summed E-state index contributed by atoms with van der Waals surface area (Å²) in [6, 6.07) is 18.4. The average molecular weight is 391 g/mol. The Morgan fingerprint density at radius 2 is 1.66 bits per heavy atom. The van der Waals surface area contributed by atoms with Crippen LogP contribution in [0.15, 0.2) is 54.6 Å². The van der Waals surface area contributed by atoms with E-state index in [0.29, 0.717) is 19.4 Å². The molecule has 0 N–H and O–H groups in total. The first-order chi connectivity index (χ1) is 14.0. The van der Waals surface area contributed by atoms with Crippen LogP contribution in [0.3, 0.4) is 0 Å². The Hall–Kier alpha value is -2.62. The van der Waals surface area contributed by atoms with E-state index in [4.69, 9.17) is 0 Å². The highest BCUT2D eigenvalue weighted by Crippen LogP contribution is 2.40. The Kier molecular flexibility index (Phi) is 5.70. The van der Waals surface area contributed by atoms with Gasteiger partial charge in [-0.25, -0.2) is 0 Å². The topological polar surface area (TPSA) is 40.6 Å². The van der Waals surface area contributed by atoms with Gasteiger partial charge >= 0.3 is 0 Å². The molecule has 2 aromatic rings. The summed E-state index contributed by atoms with van der Waals surface area (Å²) in [6.45, 7) is 5.18. The first-order valence-corrected chi connectivity index (χ1v) is 10.7. The highest BCUT2D eigenvalue weighted by molar-refractivity contribution is 5.79. The van der Waals surface area contributed by atoms with Gasteiger partial charge in [0, 0.05) is 32.6 Å². The van der Waals surface area contributed by atoms with Gasteiger partial charge < -0.3 is 9.80 Å². The number of likely N-dealkylation sites (tertiary alicyclic amines) is 2. The van der Waals surface area contributed by atoms with Crippen LogP contribution in [0.2, 0.25) is 0 Å². The molecule has 0 aromatic heterocycles. The summed E-state index contributed by atoms with van der Waals surface area (Å²) < 4.78 is 0. The molecule has 2 aromatic carbocycles. The van der Waals surface area contributed by atoms with Crippen molar-refractivity contribution in [3.63, 3.8) is 0 Å². The quantitative estimate of drug-likeness (QED) is 0.793. The Morgan fingerprint density at radius 1 is 0.966 bits per heavy atom. The second-order valence-corrected chi connectivity index (χ2v) is 8.72. The van der Waals surface area contributed by atoms with Crippen molar-refractivity contribution in [2.45, 2.75) is 45.6 Å². The zero-order valence-corrected chi connectivity index (χ0v) is 17.3. The fourth-order valence-electron chi connectivity index (χ4n) is 4.77. The van der Waals surface area contributed by atoms with Gasteiger partial charge in [0.2, 0.25) is 11.8 Å². The van der Waals surface area contributed by atoms with Crippen molar-refractivity contribution >= 4 is 11.8 Å². The van der Waals surface area contributed by atoms with Crippen LogP contribution in [0.4, 0.5) is 0 Å². The second-order valence-electron chi connectivity index (χ2n) is 8.72. The Morgan fingerprint density at radius 3 is 2.38 bits per heavy atom. The number of amides is 2. The van der Waals surface area contributed by atoms with Crippen LogP contribution < -0.4 is 0 Å². The molecule has 4 nitrogen and oxygen atoms in total. The molecule has 1 spiro atoms. The summed E-state index contributed by atoms with van der Waals surface area (Å²) in [5.41, 5.74) is 3.65. The summed E-state index contributed by atoms with van der Waals surface area (Å²) in [7, 11) is 0. The Labute approximate surface area is 173 Å². The number of rotatable bonds is 4. The van der Waals surface area contributed by atoms with E-state index in [2.05, 4.69) is 25.1 Å². The second kappa shape index (κ2) is 8.40. The predicted octanol–water partition coefficient (Wildman–Crippen LogP) is 3.97. The first-order valence-electron chi connectivity index (χ1n) is 10.7. The van der Waals surface area contributed by atoms with E-state index in [1.54, 1.807) is 0 Å². The molecule has 2 aliphatic heterocycles. The van der Waals surface area contributed by atoms with Crippen LogP contribution >= 0.6 is 0 Å².